The molecule has 1 aliphatic heterocycles. The van der Waals surface area contributed by atoms with Crippen LogP contribution in [0.15, 0.2) is 0 Å². The normalized spacial score (nSPS) is 19.1. The van der Waals surface area contributed by atoms with Gasteiger partial charge in [-0.2, -0.15) is 0 Å². The molecule has 0 atom stereocenters. The number of hydrogen-bond donors (Lipinski definition) is 1. The standard InChI is InChI=1S/C7H14N2O/c1-8(2)6-9-5-3-4-7(9)10/h3-6H2,1-2H3/p+1. The fourth-order valence-electron chi connectivity index (χ4n) is 1.25. The number of quaternary nitrogens is 1. The number of nitrogens with one attached hydrogen (secondary N) is 1. The summed E-state index contributed by atoms with van der Waals surface area (Å²) in [5.41, 5.74) is 0. The van der Waals surface area contributed by atoms with Crippen molar-refractivity contribution in [3.05, 3.63) is 0 Å². The molecule has 1 rings (SSSR count). The maximum absolute atomic E-state index is 11.0. The van der Waals surface area contributed by atoms with Gasteiger partial charge in [0.1, 0.15) is 0 Å². The Hall–Kier alpha value is -0.570. The molecular weight excluding hydrogens is 128 g/mol. The van der Waals surface area contributed by atoms with Crippen LogP contribution in [0, 0.1) is 0 Å². The first-order valence-electron chi connectivity index (χ1n) is 3.77. The van der Waals surface area contributed by atoms with Crippen molar-refractivity contribution in [3.63, 3.8) is 0 Å². The first-order chi connectivity index (χ1) is 4.70. The summed E-state index contributed by atoms with van der Waals surface area (Å²) in [6, 6.07) is 0. The number of nitrogens with zero attached hydrogens (tertiary/aromatic N) is 1. The van der Waals surface area contributed by atoms with Gasteiger partial charge in [0.25, 0.3) is 0 Å². The summed E-state index contributed by atoms with van der Waals surface area (Å²) in [4.78, 5) is 14.3. The molecule has 1 N–H and O–H groups in total. The monoisotopic (exact) mass is 143 g/mol. The zero-order valence-electron chi connectivity index (χ0n) is 6.68. The average molecular weight is 143 g/mol. The molecule has 1 saturated heterocycles. The van der Waals surface area contributed by atoms with Gasteiger partial charge in [0.15, 0.2) is 6.67 Å². The molecular formula is C7H15N2O+. The molecule has 0 radical (unpaired) electrons. The van der Waals surface area contributed by atoms with Gasteiger partial charge in [0, 0.05) is 13.0 Å². The molecule has 3 heteroatoms. The Labute approximate surface area is 61.6 Å². The van der Waals surface area contributed by atoms with Gasteiger partial charge in [0.05, 0.1) is 14.1 Å². The molecule has 3 nitrogen and oxygen atoms in total. The average Bonchev–Trinajstić information content (AvgIpc) is 2.15. The van der Waals surface area contributed by atoms with Crippen LogP contribution in [0.25, 0.3) is 0 Å². The van der Waals surface area contributed by atoms with Crippen molar-refractivity contribution in [1.29, 1.82) is 0 Å². The fraction of sp³-hybridized carbons (Fsp3) is 0.857. The Balaban J connectivity index is 2.33. The first kappa shape index (κ1) is 7.54. The molecule has 1 fully saturated rings. The summed E-state index contributed by atoms with van der Waals surface area (Å²) < 4.78 is 0. The zero-order chi connectivity index (χ0) is 7.56. The van der Waals surface area contributed by atoms with E-state index in [1.54, 1.807) is 0 Å². The summed E-state index contributed by atoms with van der Waals surface area (Å²) in [5.74, 6) is 0.321. The van der Waals surface area contributed by atoms with Gasteiger partial charge >= 0.3 is 0 Å². The van der Waals surface area contributed by atoms with Crippen molar-refractivity contribution in [3.8, 4) is 0 Å². The number of hydrogen-bond acceptors (Lipinski definition) is 1. The molecule has 0 aromatic rings. The van der Waals surface area contributed by atoms with Gasteiger partial charge in [-0.1, -0.05) is 0 Å². The van der Waals surface area contributed by atoms with Gasteiger partial charge in [-0.25, -0.2) is 0 Å². The second kappa shape index (κ2) is 3.01. The lowest BCUT2D eigenvalue weighted by Crippen LogP contribution is -3.07. The highest BCUT2D eigenvalue weighted by molar-refractivity contribution is 5.77. The summed E-state index contributed by atoms with van der Waals surface area (Å²) in [7, 11) is 4.12. The molecule has 10 heavy (non-hydrogen) atoms. The van der Waals surface area contributed by atoms with Gasteiger partial charge in [-0.05, 0) is 6.42 Å². The third kappa shape index (κ3) is 1.70. The molecule has 0 saturated carbocycles. The maximum Gasteiger partial charge on any atom is 0.226 e. The zero-order valence-corrected chi connectivity index (χ0v) is 6.68. The van der Waals surface area contributed by atoms with Crippen molar-refractivity contribution in [2.45, 2.75) is 12.8 Å². The predicted octanol–water partition coefficient (Wildman–Crippen LogP) is -1.29. The smallest absolute Gasteiger partial charge is 0.226 e. The first-order valence-corrected chi connectivity index (χ1v) is 3.77. The van der Waals surface area contributed by atoms with E-state index in [9.17, 15) is 4.79 Å². The molecule has 0 aromatic heterocycles. The minimum absolute atomic E-state index is 0.321. The Kier molecular flexibility index (Phi) is 2.27. The number of carbonyl (C=O) groups is 1. The van der Waals surface area contributed by atoms with E-state index in [-0.39, 0.29) is 0 Å². The molecule has 0 aromatic carbocycles. The fourth-order valence-corrected chi connectivity index (χ4v) is 1.25. The van der Waals surface area contributed by atoms with E-state index in [1.807, 2.05) is 4.90 Å². The molecule has 1 heterocycles. The van der Waals surface area contributed by atoms with Gasteiger partial charge in [-0.3, -0.25) is 9.69 Å². The lowest BCUT2D eigenvalue weighted by atomic mass is 10.4. The predicted molar refractivity (Wildman–Crippen MR) is 38.6 cm³/mol. The number of carbonyl (C=O) groups excluding carboxylic acids is 1. The molecule has 0 unspecified atom stereocenters. The van der Waals surface area contributed by atoms with E-state index in [0.717, 1.165) is 26.1 Å². The Morgan fingerprint density at radius 3 is 2.70 bits per heavy atom. The summed E-state index contributed by atoms with van der Waals surface area (Å²) in [5, 5.41) is 0. The van der Waals surface area contributed by atoms with E-state index in [4.69, 9.17) is 0 Å². The minimum atomic E-state index is 0.321. The molecule has 58 valence electrons. The highest BCUT2D eigenvalue weighted by Crippen LogP contribution is 2.06. The van der Waals surface area contributed by atoms with Gasteiger partial charge in [0.2, 0.25) is 5.91 Å². The lowest BCUT2D eigenvalue weighted by molar-refractivity contribution is -0.867. The third-order valence-electron chi connectivity index (χ3n) is 1.68. The van der Waals surface area contributed by atoms with Crippen LogP contribution in [-0.2, 0) is 4.79 Å². The van der Waals surface area contributed by atoms with Crippen molar-refractivity contribution in [1.82, 2.24) is 4.90 Å². The summed E-state index contributed by atoms with van der Waals surface area (Å²) in [6.45, 7) is 1.82. The quantitative estimate of drug-likeness (QED) is 0.511. The van der Waals surface area contributed by atoms with Crippen molar-refractivity contribution in [2.24, 2.45) is 0 Å². The maximum atomic E-state index is 11.0. The van der Waals surface area contributed by atoms with Crippen molar-refractivity contribution < 1.29 is 9.69 Å². The lowest BCUT2D eigenvalue weighted by Gasteiger charge is -2.17. The van der Waals surface area contributed by atoms with E-state index in [0.29, 0.717) is 5.91 Å². The summed E-state index contributed by atoms with van der Waals surface area (Å²) in [6.07, 6.45) is 1.80. The topological polar surface area (TPSA) is 24.8 Å². The van der Waals surface area contributed by atoms with Crippen LogP contribution in [0.3, 0.4) is 0 Å². The highest BCUT2D eigenvalue weighted by Gasteiger charge is 2.21. The van der Waals surface area contributed by atoms with Crippen molar-refractivity contribution >= 4 is 5.91 Å². The van der Waals surface area contributed by atoms with E-state index in [1.165, 1.54) is 4.90 Å². The molecule has 0 spiro atoms. The molecule has 0 bridgehead atoms. The van der Waals surface area contributed by atoms with Gasteiger partial charge < -0.3 is 4.90 Å². The van der Waals surface area contributed by atoms with E-state index in [2.05, 4.69) is 14.1 Å². The van der Waals surface area contributed by atoms with E-state index >= 15 is 0 Å². The largest absolute Gasteiger partial charge is 0.323 e. The summed E-state index contributed by atoms with van der Waals surface area (Å²) >= 11 is 0. The van der Waals surface area contributed by atoms with Crippen LogP contribution >= 0.6 is 0 Å². The van der Waals surface area contributed by atoms with Crippen molar-refractivity contribution in [2.75, 3.05) is 27.3 Å². The van der Waals surface area contributed by atoms with Crippen LogP contribution in [0.1, 0.15) is 12.8 Å². The second-order valence-electron chi connectivity index (χ2n) is 3.13. The number of likely N-dealkylation sites (tertiary alicyclic amines) is 1. The number of rotatable bonds is 2. The molecule has 1 amide bonds. The molecule has 0 aliphatic carbocycles. The van der Waals surface area contributed by atoms with Crippen LogP contribution in [0.4, 0.5) is 0 Å². The SMILES string of the molecule is C[NH+](C)CN1CCCC1=O. The Morgan fingerprint density at radius 1 is 1.60 bits per heavy atom. The minimum Gasteiger partial charge on any atom is -0.323 e. The highest BCUT2D eigenvalue weighted by atomic mass is 16.2. The van der Waals surface area contributed by atoms with Crippen LogP contribution in [0.5, 0.6) is 0 Å². The molecule has 1 aliphatic rings. The Bertz CT molecular complexity index is 134. The third-order valence-corrected chi connectivity index (χ3v) is 1.68. The van der Waals surface area contributed by atoms with Gasteiger partial charge in [-0.15, -0.1) is 0 Å². The van der Waals surface area contributed by atoms with E-state index < -0.39 is 0 Å². The van der Waals surface area contributed by atoms with Crippen LogP contribution in [-0.4, -0.2) is 38.1 Å². The number of amides is 1. The van der Waals surface area contributed by atoms with Crippen LogP contribution < -0.4 is 4.90 Å². The second-order valence-corrected chi connectivity index (χ2v) is 3.13. The Morgan fingerprint density at radius 2 is 2.30 bits per heavy atom. The van der Waals surface area contributed by atoms with Crippen LogP contribution in [0.2, 0.25) is 0 Å².